The number of aromatic nitrogens is 2. The Morgan fingerprint density at radius 1 is 1.29 bits per heavy atom. The first-order valence-electron chi connectivity index (χ1n) is 7.52. The summed E-state index contributed by atoms with van der Waals surface area (Å²) in [5.41, 5.74) is 1.46. The molecule has 1 N–H and O–H groups in total. The van der Waals surface area contributed by atoms with E-state index in [1.165, 1.54) is 21.5 Å². The summed E-state index contributed by atoms with van der Waals surface area (Å²) in [6, 6.07) is 7.07. The van der Waals surface area contributed by atoms with Crippen molar-refractivity contribution in [2.75, 3.05) is 0 Å². The Labute approximate surface area is 142 Å². The molecule has 0 unspecified atom stereocenters. The summed E-state index contributed by atoms with van der Waals surface area (Å²) in [5, 5.41) is 9.08. The minimum atomic E-state index is -1.07. The van der Waals surface area contributed by atoms with Crippen molar-refractivity contribution in [1.29, 1.82) is 0 Å². The second kappa shape index (κ2) is 6.41. The summed E-state index contributed by atoms with van der Waals surface area (Å²) < 4.78 is 1.30. The van der Waals surface area contributed by atoms with Crippen LogP contribution < -0.4 is 5.56 Å². The molecule has 0 aliphatic heterocycles. The lowest BCUT2D eigenvalue weighted by Gasteiger charge is -2.07. The number of rotatable bonds is 4. The van der Waals surface area contributed by atoms with E-state index in [0.29, 0.717) is 23.3 Å². The van der Waals surface area contributed by atoms with Crippen molar-refractivity contribution in [2.45, 2.75) is 20.3 Å². The third-order valence-electron chi connectivity index (χ3n) is 3.72. The lowest BCUT2D eigenvalue weighted by molar-refractivity contribution is 0.0696. The molecule has 122 valence electrons. The molecule has 3 aromatic heterocycles. The lowest BCUT2D eigenvalue weighted by atomic mass is 10.1. The van der Waals surface area contributed by atoms with Gasteiger partial charge in [0.25, 0.3) is 5.56 Å². The van der Waals surface area contributed by atoms with Gasteiger partial charge in [-0.1, -0.05) is 6.92 Å². The number of thiophene rings is 1. The average molecular weight is 340 g/mol. The van der Waals surface area contributed by atoms with Crippen molar-refractivity contribution in [1.82, 2.24) is 9.38 Å². The Bertz CT molecular complexity index is 1010. The van der Waals surface area contributed by atoms with Gasteiger partial charge in [-0.2, -0.15) is 0 Å². The van der Waals surface area contributed by atoms with Crippen LogP contribution in [0.3, 0.4) is 0 Å². The maximum absolute atomic E-state index is 12.7. The van der Waals surface area contributed by atoms with E-state index in [-0.39, 0.29) is 11.1 Å². The van der Waals surface area contributed by atoms with E-state index in [4.69, 9.17) is 5.11 Å². The van der Waals surface area contributed by atoms with Crippen molar-refractivity contribution in [3.63, 3.8) is 0 Å². The molecular formula is C18H16N2O3S. The SMILES string of the molecule is CCc1c(/C=C/c2ccc(C)s2)nc2ccc(C(=O)O)cn2c1=O. The first-order valence-corrected chi connectivity index (χ1v) is 8.34. The number of carboxylic acid groups (broad SMARTS) is 1. The molecule has 0 aromatic carbocycles. The number of hydrogen-bond donors (Lipinski definition) is 1. The largest absolute Gasteiger partial charge is 0.478 e. The van der Waals surface area contributed by atoms with Gasteiger partial charge in [0.15, 0.2) is 0 Å². The molecule has 3 aromatic rings. The van der Waals surface area contributed by atoms with E-state index in [2.05, 4.69) is 4.98 Å². The van der Waals surface area contributed by atoms with Crippen molar-refractivity contribution in [3.8, 4) is 0 Å². The predicted octanol–water partition coefficient (Wildman–Crippen LogP) is 3.50. The molecule has 24 heavy (non-hydrogen) atoms. The number of carboxylic acids is 1. The molecule has 0 bridgehead atoms. The van der Waals surface area contributed by atoms with Gasteiger partial charge in [-0.05, 0) is 49.8 Å². The molecule has 3 rings (SSSR count). The molecule has 5 nitrogen and oxygen atoms in total. The zero-order valence-electron chi connectivity index (χ0n) is 13.3. The highest BCUT2D eigenvalue weighted by Gasteiger charge is 2.11. The first kappa shape index (κ1) is 16.1. The molecule has 6 heteroatoms. The van der Waals surface area contributed by atoms with Crippen LogP contribution in [-0.2, 0) is 6.42 Å². The Kier molecular flexibility index (Phi) is 4.31. The normalized spacial score (nSPS) is 11.4. The van der Waals surface area contributed by atoms with E-state index >= 15 is 0 Å². The molecule has 0 aliphatic carbocycles. The topological polar surface area (TPSA) is 71.7 Å². The highest BCUT2D eigenvalue weighted by molar-refractivity contribution is 7.12. The summed E-state index contributed by atoms with van der Waals surface area (Å²) in [7, 11) is 0. The number of pyridine rings is 1. The summed E-state index contributed by atoms with van der Waals surface area (Å²) in [4.78, 5) is 30.6. The fourth-order valence-electron chi connectivity index (χ4n) is 2.49. The van der Waals surface area contributed by atoms with Gasteiger partial charge in [-0.15, -0.1) is 11.3 Å². The standard InChI is InChI=1S/C18H16N2O3S/c1-3-14-15(8-7-13-6-4-11(2)24-13)19-16-9-5-12(18(22)23)10-20(16)17(14)21/h4-10H,3H2,1-2H3,(H,22,23)/b8-7+. The molecule has 3 heterocycles. The summed E-state index contributed by atoms with van der Waals surface area (Å²) in [5.74, 6) is -1.07. The van der Waals surface area contributed by atoms with Crippen LogP contribution in [0.2, 0.25) is 0 Å². The molecule has 0 aliphatic rings. The zero-order chi connectivity index (χ0) is 17.3. The minimum Gasteiger partial charge on any atom is -0.478 e. The van der Waals surface area contributed by atoms with Gasteiger partial charge >= 0.3 is 5.97 Å². The van der Waals surface area contributed by atoms with Crippen LogP contribution in [-0.4, -0.2) is 20.5 Å². The summed E-state index contributed by atoms with van der Waals surface area (Å²) >= 11 is 1.67. The van der Waals surface area contributed by atoms with Gasteiger partial charge in [0.1, 0.15) is 5.65 Å². The van der Waals surface area contributed by atoms with Crippen LogP contribution >= 0.6 is 11.3 Å². The quantitative estimate of drug-likeness (QED) is 0.789. The maximum atomic E-state index is 12.7. The number of hydrogen-bond acceptors (Lipinski definition) is 4. The Balaban J connectivity index is 2.14. The first-order chi connectivity index (χ1) is 11.5. The molecule has 0 atom stereocenters. The van der Waals surface area contributed by atoms with Gasteiger partial charge in [-0.25, -0.2) is 9.78 Å². The molecule has 0 fully saturated rings. The third-order valence-corrected chi connectivity index (χ3v) is 4.68. The van der Waals surface area contributed by atoms with Gasteiger partial charge in [0, 0.05) is 21.5 Å². The van der Waals surface area contributed by atoms with Crippen LogP contribution in [0.15, 0.2) is 35.3 Å². The fourth-order valence-corrected chi connectivity index (χ4v) is 3.27. The highest BCUT2D eigenvalue weighted by atomic mass is 32.1. The Morgan fingerprint density at radius 2 is 2.08 bits per heavy atom. The summed E-state index contributed by atoms with van der Waals surface area (Å²) in [6.07, 6.45) is 5.63. The molecule has 0 amide bonds. The van der Waals surface area contributed by atoms with Gasteiger partial charge in [0.2, 0.25) is 0 Å². The molecular weight excluding hydrogens is 324 g/mol. The lowest BCUT2D eigenvalue weighted by Crippen LogP contribution is -2.21. The minimum absolute atomic E-state index is 0.0609. The van der Waals surface area contributed by atoms with E-state index in [1.54, 1.807) is 17.4 Å². The molecule has 0 spiro atoms. The maximum Gasteiger partial charge on any atom is 0.337 e. The highest BCUT2D eigenvalue weighted by Crippen LogP contribution is 2.18. The van der Waals surface area contributed by atoms with Gasteiger partial charge in [-0.3, -0.25) is 9.20 Å². The monoisotopic (exact) mass is 340 g/mol. The molecule has 0 saturated carbocycles. The van der Waals surface area contributed by atoms with E-state index in [0.717, 1.165) is 4.88 Å². The fraction of sp³-hybridized carbons (Fsp3) is 0.167. The number of aryl methyl sites for hydroxylation is 1. The molecule has 0 saturated heterocycles. The van der Waals surface area contributed by atoms with Crippen molar-refractivity contribution in [2.24, 2.45) is 0 Å². The number of carbonyl (C=O) groups is 1. The van der Waals surface area contributed by atoms with Crippen LogP contribution in [0.4, 0.5) is 0 Å². The molecule has 0 radical (unpaired) electrons. The van der Waals surface area contributed by atoms with Gasteiger partial charge in [0.05, 0.1) is 11.3 Å². The van der Waals surface area contributed by atoms with Crippen molar-refractivity contribution in [3.05, 3.63) is 67.4 Å². The predicted molar refractivity (Wildman–Crippen MR) is 95.8 cm³/mol. The van der Waals surface area contributed by atoms with Crippen molar-refractivity contribution < 1.29 is 9.90 Å². The van der Waals surface area contributed by atoms with Gasteiger partial charge < -0.3 is 5.11 Å². The second-order valence-corrected chi connectivity index (χ2v) is 6.69. The van der Waals surface area contributed by atoms with E-state index in [9.17, 15) is 9.59 Å². The average Bonchev–Trinajstić information content (AvgIpc) is 2.98. The van der Waals surface area contributed by atoms with E-state index < -0.39 is 5.97 Å². The third kappa shape index (κ3) is 3.00. The summed E-state index contributed by atoms with van der Waals surface area (Å²) in [6.45, 7) is 3.93. The Morgan fingerprint density at radius 3 is 2.71 bits per heavy atom. The van der Waals surface area contributed by atoms with Crippen LogP contribution in [0.25, 0.3) is 17.8 Å². The number of fused-ring (bicyclic) bond motifs is 1. The van der Waals surface area contributed by atoms with Crippen LogP contribution in [0.5, 0.6) is 0 Å². The van der Waals surface area contributed by atoms with Crippen LogP contribution in [0, 0.1) is 6.92 Å². The van der Waals surface area contributed by atoms with Crippen molar-refractivity contribution >= 4 is 35.1 Å². The number of aromatic carboxylic acids is 1. The number of nitrogens with zero attached hydrogens (tertiary/aromatic N) is 2. The smallest absolute Gasteiger partial charge is 0.337 e. The van der Waals surface area contributed by atoms with Crippen LogP contribution in [0.1, 0.15) is 38.3 Å². The van der Waals surface area contributed by atoms with E-state index in [1.807, 2.05) is 38.1 Å². The zero-order valence-corrected chi connectivity index (χ0v) is 14.1. The Hall–Kier alpha value is -2.73. The second-order valence-electron chi connectivity index (χ2n) is 5.37.